The summed E-state index contributed by atoms with van der Waals surface area (Å²) in [6.45, 7) is 8.72. The van der Waals surface area contributed by atoms with Crippen LogP contribution in [-0.4, -0.2) is 64.9 Å². The fourth-order valence-electron chi connectivity index (χ4n) is 2.87. The summed E-state index contributed by atoms with van der Waals surface area (Å²) in [4.78, 5) is 17.3. The number of nitrogens with zero attached hydrogens (tertiary/aromatic N) is 4. The summed E-state index contributed by atoms with van der Waals surface area (Å²) in [5.41, 5.74) is 0.976. The molecule has 1 aliphatic rings. The van der Waals surface area contributed by atoms with Gasteiger partial charge in [0.2, 0.25) is 5.91 Å². The van der Waals surface area contributed by atoms with Crippen LogP contribution in [0.25, 0.3) is 0 Å². The minimum Gasteiger partial charge on any atom is -0.379 e. The molecule has 0 aromatic carbocycles. The molecule has 124 valence electrons. The standard InChI is InChI=1S/C16H28N4O2/c1-4-6-7-19(5-2)16(21)15(14-12-17-18(3)13-14)20-8-10-22-11-9-20/h12-13,15H,4-11H2,1-3H3/t15-/m0/s1. The summed E-state index contributed by atoms with van der Waals surface area (Å²) in [6.07, 6.45) is 5.90. The lowest BCUT2D eigenvalue weighted by Gasteiger charge is -2.36. The number of unbranched alkanes of at least 4 members (excludes halogenated alkanes) is 1. The lowest BCUT2D eigenvalue weighted by Crippen LogP contribution is -2.47. The Labute approximate surface area is 133 Å². The van der Waals surface area contributed by atoms with E-state index in [1.807, 2.05) is 31.3 Å². The van der Waals surface area contributed by atoms with Gasteiger partial charge in [0.1, 0.15) is 6.04 Å². The van der Waals surface area contributed by atoms with Crippen LogP contribution in [0.15, 0.2) is 12.4 Å². The second kappa shape index (κ2) is 8.29. The fourth-order valence-corrected chi connectivity index (χ4v) is 2.87. The maximum absolute atomic E-state index is 13.1. The van der Waals surface area contributed by atoms with Crippen LogP contribution in [0.2, 0.25) is 0 Å². The molecule has 0 saturated carbocycles. The summed E-state index contributed by atoms with van der Waals surface area (Å²) in [6, 6.07) is -0.241. The number of hydrogen-bond acceptors (Lipinski definition) is 4. The van der Waals surface area contributed by atoms with E-state index in [2.05, 4.69) is 16.9 Å². The van der Waals surface area contributed by atoms with Crippen LogP contribution in [0.5, 0.6) is 0 Å². The molecule has 0 bridgehead atoms. The van der Waals surface area contributed by atoms with E-state index in [1.165, 1.54) is 0 Å². The third kappa shape index (κ3) is 4.08. The maximum atomic E-state index is 13.1. The number of rotatable bonds is 7. The van der Waals surface area contributed by atoms with Crippen LogP contribution < -0.4 is 0 Å². The second-order valence-electron chi connectivity index (χ2n) is 5.77. The molecule has 6 nitrogen and oxygen atoms in total. The molecule has 6 heteroatoms. The van der Waals surface area contributed by atoms with Crippen molar-refractivity contribution >= 4 is 5.91 Å². The highest BCUT2D eigenvalue weighted by Gasteiger charge is 2.32. The zero-order chi connectivity index (χ0) is 15.9. The Balaban J connectivity index is 2.20. The van der Waals surface area contributed by atoms with E-state index in [9.17, 15) is 4.79 Å². The summed E-state index contributed by atoms with van der Waals surface area (Å²) in [7, 11) is 1.89. The van der Waals surface area contributed by atoms with E-state index in [1.54, 1.807) is 4.68 Å². The van der Waals surface area contributed by atoms with Gasteiger partial charge in [0.15, 0.2) is 0 Å². The molecule has 0 radical (unpaired) electrons. The quantitative estimate of drug-likeness (QED) is 0.765. The number of aromatic nitrogens is 2. The number of hydrogen-bond donors (Lipinski definition) is 0. The molecule has 0 unspecified atom stereocenters. The number of morpholine rings is 1. The van der Waals surface area contributed by atoms with Gasteiger partial charge in [-0.05, 0) is 13.3 Å². The smallest absolute Gasteiger partial charge is 0.244 e. The predicted octanol–water partition coefficient (Wildman–Crippen LogP) is 1.44. The van der Waals surface area contributed by atoms with E-state index in [0.29, 0.717) is 13.2 Å². The molecule has 1 saturated heterocycles. The largest absolute Gasteiger partial charge is 0.379 e. The fraction of sp³-hybridized carbons (Fsp3) is 0.750. The summed E-state index contributed by atoms with van der Waals surface area (Å²) < 4.78 is 7.20. The predicted molar refractivity (Wildman–Crippen MR) is 85.5 cm³/mol. The Morgan fingerprint density at radius 2 is 2.14 bits per heavy atom. The van der Waals surface area contributed by atoms with E-state index >= 15 is 0 Å². The van der Waals surface area contributed by atoms with Gasteiger partial charge in [-0.3, -0.25) is 14.4 Å². The van der Waals surface area contributed by atoms with Crippen LogP contribution in [-0.2, 0) is 16.6 Å². The van der Waals surface area contributed by atoms with Gasteiger partial charge in [-0.15, -0.1) is 0 Å². The molecule has 1 atom stereocenters. The normalized spacial score (nSPS) is 17.4. The second-order valence-corrected chi connectivity index (χ2v) is 5.77. The number of carbonyl (C=O) groups is 1. The molecule has 0 spiro atoms. The van der Waals surface area contributed by atoms with Gasteiger partial charge in [-0.1, -0.05) is 13.3 Å². The number of ether oxygens (including phenoxy) is 1. The number of amides is 1. The molecule has 1 aromatic heterocycles. The molecule has 2 rings (SSSR count). The van der Waals surface area contributed by atoms with Crippen molar-refractivity contribution < 1.29 is 9.53 Å². The van der Waals surface area contributed by atoms with Gasteiger partial charge in [0.05, 0.1) is 19.4 Å². The van der Waals surface area contributed by atoms with Crippen LogP contribution in [0.3, 0.4) is 0 Å². The Bertz CT molecular complexity index is 468. The summed E-state index contributed by atoms with van der Waals surface area (Å²) >= 11 is 0. The van der Waals surface area contributed by atoms with Crippen molar-refractivity contribution in [3.05, 3.63) is 18.0 Å². The number of aryl methyl sites for hydroxylation is 1. The van der Waals surface area contributed by atoms with Crippen molar-refractivity contribution in [2.24, 2.45) is 7.05 Å². The van der Waals surface area contributed by atoms with Gasteiger partial charge in [-0.2, -0.15) is 5.10 Å². The van der Waals surface area contributed by atoms with Crippen molar-refractivity contribution in [3.8, 4) is 0 Å². The molecule has 1 fully saturated rings. The Morgan fingerprint density at radius 1 is 1.41 bits per heavy atom. The lowest BCUT2D eigenvalue weighted by molar-refractivity contribution is -0.139. The van der Waals surface area contributed by atoms with Crippen LogP contribution in [0.1, 0.15) is 38.3 Å². The average Bonchev–Trinajstić information content (AvgIpc) is 2.95. The van der Waals surface area contributed by atoms with E-state index in [4.69, 9.17) is 4.74 Å². The summed E-state index contributed by atoms with van der Waals surface area (Å²) in [5.74, 6) is 0.186. The molecule has 1 aromatic rings. The zero-order valence-electron chi connectivity index (χ0n) is 14.0. The first-order chi connectivity index (χ1) is 10.7. The van der Waals surface area contributed by atoms with Gasteiger partial charge in [-0.25, -0.2) is 0 Å². The lowest BCUT2D eigenvalue weighted by atomic mass is 10.1. The molecule has 0 N–H and O–H groups in total. The third-order valence-electron chi connectivity index (χ3n) is 4.16. The molecule has 0 aliphatic carbocycles. The zero-order valence-corrected chi connectivity index (χ0v) is 14.0. The van der Waals surface area contributed by atoms with Crippen molar-refractivity contribution in [2.45, 2.75) is 32.7 Å². The van der Waals surface area contributed by atoms with E-state index < -0.39 is 0 Å². The Hall–Kier alpha value is -1.40. The molecule has 1 amide bonds. The number of likely N-dealkylation sites (N-methyl/N-ethyl adjacent to an activating group) is 1. The van der Waals surface area contributed by atoms with Gasteiger partial charge in [0.25, 0.3) is 0 Å². The first kappa shape index (κ1) is 17.0. The highest BCUT2D eigenvalue weighted by Crippen LogP contribution is 2.24. The third-order valence-corrected chi connectivity index (χ3v) is 4.16. The summed E-state index contributed by atoms with van der Waals surface area (Å²) in [5, 5.41) is 4.25. The van der Waals surface area contributed by atoms with Crippen molar-refractivity contribution in [2.75, 3.05) is 39.4 Å². The minimum absolute atomic E-state index is 0.186. The Morgan fingerprint density at radius 3 is 2.68 bits per heavy atom. The van der Waals surface area contributed by atoms with Crippen LogP contribution in [0.4, 0.5) is 0 Å². The maximum Gasteiger partial charge on any atom is 0.244 e. The molecular weight excluding hydrogens is 280 g/mol. The highest BCUT2D eigenvalue weighted by molar-refractivity contribution is 5.83. The van der Waals surface area contributed by atoms with Crippen LogP contribution in [0, 0.1) is 0 Å². The van der Waals surface area contributed by atoms with Crippen molar-refractivity contribution in [3.63, 3.8) is 0 Å². The van der Waals surface area contributed by atoms with E-state index in [-0.39, 0.29) is 11.9 Å². The SMILES string of the molecule is CCCCN(CC)C(=O)[C@H](c1cnn(C)c1)N1CCOCC1. The Kier molecular flexibility index (Phi) is 6.39. The van der Waals surface area contributed by atoms with Crippen molar-refractivity contribution in [1.82, 2.24) is 19.6 Å². The van der Waals surface area contributed by atoms with E-state index in [0.717, 1.165) is 44.6 Å². The van der Waals surface area contributed by atoms with Gasteiger partial charge >= 0.3 is 0 Å². The minimum atomic E-state index is -0.241. The monoisotopic (exact) mass is 308 g/mol. The first-order valence-electron chi connectivity index (χ1n) is 8.26. The van der Waals surface area contributed by atoms with Crippen LogP contribution >= 0.6 is 0 Å². The van der Waals surface area contributed by atoms with Gasteiger partial charge < -0.3 is 9.64 Å². The molecular formula is C16H28N4O2. The molecule has 1 aliphatic heterocycles. The topological polar surface area (TPSA) is 50.6 Å². The molecule has 2 heterocycles. The van der Waals surface area contributed by atoms with Crippen molar-refractivity contribution in [1.29, 1.82) is 0 Å². The first-order valence-corrected chi connectivity index (χ1v) is 8.26. The average molecular weight is 308 g/mol. The highest BCUT2D eigenvalue weighted by atomic mass is 16.5. The van der Waals surface area contributed by atoms with Gasteiger partial charge in [0, 0.05) is 45.0 Å². The number of carbonyl (C=O) groups excluding carboxylic acids is 1. The molecule has 22 heavy (non-hydrogen) atoms.